The molecule has 0 radical (unpaired) electrons. The summed E-state index contributed by atoms with van der Waals surface area (Å²) in [6, 6.07) is 0. The van der Waals surface area contributed by atoms with Gasteiger partial charge in [-0.25, -0.2) is 12.7 Å². The lowest BCUT2D eigenvalue weighted by molar-refractivity contribution is 0.0301. The molecule has 17 heavy (non-hydrogen) atoms. The lowest BCUT2D eigenvalue weighted by Crippen LogP contribution is -2.42. The number of rotatable bonds is 7. The van der Waals surface area contributed by atoms with E-state index < -0.39 is 10.0 Å². The molecule has 102 valence electrons. The minimum atomic E-state index is -3.04. The summed E-state index contributed by atoms with van der Waals surface area (Å²) in [4.78, 5) is 0. The molecular weight excluding hydrogens is 262 g/mol. The van der Waals surface area contributed by atoms with Gasteiger partial charge in [0.25, 0.3) is 0 Å². The fraction of sp³-hybridized carbons (Fsp3) is 1.00. The molecule has 0 aromatic rings. The Bertz CT molecular complexity index is 300. The number of unbranched alkanes of at least 4 members (excludes halogenated alkanes) is 1. The summed E-state index contributed by atoms with van der Waals surface area (Å²) in [7, 11) is -3.04. The van der Waals surface area contributed by atoms with Gasteiger partial charge in [-0.2, -0.15) is 0 Å². The number of sulfonamides is 1. The molecule has 1 fully saturated rings. The van der Waals surface area contributed by atoms with Gasteiger partial charge in [0, 0.05) is 19.0 Å². The highest BCUT2D eigenvalue weighted by Gasteiger charge is 2.27. The molecule has 0 aromatic carbocycles. The highest BCUT2D eigenvalue weighted by Crippen LogP contribution is 2.17. The molecular formula is C11H22ClNO3S. The summed E-state index contributed by atoms with van der Waals surface area (Å²) in [5, 5.41) is 0. The van der Waals surface area contributed by atoms with E-state index in [-0.39, 0.29) is 11.9 Å². The zero-order valence-corrected chi connectivity index (χ0v) is 12.0. The van der Waals surface area contributed by atoms with Gasteiger partial charge in [0.2, 0.25) is 10.0 Å². The summed E-state index contributed by atoms with van der Waals surface area (Å²) in [5.41, 5.74) is 0. The number of piperidine rings is 1. The molecule has 0 atom stereocenters. The van der Waals surface area contributed by atoms with Crippen molar-refractivity contribution in [2.45, 2.75) is 38.7 Å². The minimum Gasteiger partial charge on any atom is -0.377 e. The lowest BCUT2D eigenvalue weighted by atomic mass is 10.1. The zero-order valence-electron chi connectivity index (χ0n) is 10.4. The first-order chi connectivity index (χ1) is 8.10. The van der Waals surface area contributed by atoms with Gasteiger partial charge < -0.3 is 4.74 Å². The Labute approximate surface area is 109 Å². The SMILES string of the molecule is CCCCS(=O)(=O)N1CCC(OCCCl)CC1. The van der Waals surface area contributed by atoms with Gasteiger partial charge in [-0.15, -0.1) is 11.6 Å². The van der Waals surface area contributed by atoms with Crippen LogP contribution in [0.3, 0.4) is 0 Å². The number of halogens is 1. The second-order valence-electron chi connectivity index (χ2n) is 4.33. The van der Waals surface area contributed by atoms with E-state index in [4.69, 9.17) is 16.3 Å². The molecule has 6 heteroatoms. The highest BCUT2D eigenvalue weighted by atomic mass is 35.5. The summed E-state index contributed by atoms with van der Waals surface area (Å²) >= 11 is 5.55. The molecule has 0 saturated carbocycles. The van der Waals surface area contributed by atoms with Crippen molar-refractivity contribution < 1.29 is 13.2 Å². The molecule has 1 heterocycles. The van der Waals surface area contributed by atoms with Crippen LogP contribution < -0.4 is 0 Å². The van der Waals surface area contributed by atoms with Gasteiger partial charge in [-0.3, -0.25) is 0 Å². The van der Waals surface area contributed by atoms with E-state index in [1.807, 2.05) is 6.92 Å². The maximum atomic E-state index is 11.9. The van der Waals surface area contributed by atoms with E-state index in [0.717, 1.165) is 25.7 Å². The van der Waals surface area contributed by atoms with Crippen LogP contribution in [0.1, 0.15) is 32.6 Å². The molecule has 0 aliphatic carbocycles. The van der Waals surface area contributed by atoms with Gasteiger partial charge in [0.05, 0.1) is 18.5 Å². The summed E-state index contributed by atoms with van der Waals surface area (Å²) < 4.78 is 31.0. The van der Waals surface area contributed by atoms with Crippen molar-refractivity contribution in [3.8, 4) is 0 Å². The quantitative estimate of drug-likeness (QED) is 0.670. The summed E-state index contributed by atoms with van der Waals surface area (Å²) in [6.07, 6.45) is 3.38. The van der Waals surface area contributed by atoms with E-state index in [1.54, 1.807) is 4.31 Å². The smallest absolute Gasteiger partial charge is 0.214 e. The van der Waals surface area contributed by atoms with Crippen molar-refractivity contribution in [3.05, 3.63) is 0 Å². The molecule has 0 spiro atoms. The van der Waals surface area contributed by atoms with Crippen LogP contribution in [-0.2, 0) is 14.8 Å². The second-order valence-corrected chi connectivity index (χ2v) is 6.79. The number of nitrogens with zero attached hydrogens (tertiary/aromatic N) is 1. The Morgan fingerprint density at radius 2 is 2.00 bits per heavy atom. The molecule has 0 N–H and O–H groups in total. The van der Waals surface area contributed by atoms with Crippen molar-refractivity contribution in [3.63, 3.8) is 0 Å². The average Bonchev–Trinajstić information content (AvgIpc) is 2.34. The molecule has 0 amide bonds. The van der Waals surface area contributed by atoms with Crippen molar-refractivity contribution in [2.24, 2.45) is 0 Å². The number of alkyl halides is 1. The summed E-state index contributed by atoms with van der Waals surface area (Å²) in [5.74, 6) is 0.770. The van der Waals surface area contributed by atoms with E-state index in [1.165, 1.54) is 0 Å². The van der Waals surface area contributed by atoms with Crippen LogP contribution in [0.2, 0.25) is 0 Å². The van der Waals surface area contributed by atoms with Gasteiger partial charge in [-0.05, 0) is 19.3 Å². The Kier molecular flexibility index (Phi) is 6.77. The monoisotopic (exact) mass is 283 g/mol. The Hall–Kier alpha value is 0.160. The third-order valence-electron chi connectivity index (χ3n) is 2.98. The van der Waals surface area contributed by atoms with Gasteiger partial charge in [0.15, 0.2) is 0 Å². The van der Waals surface area contributed by atoms with Crippen LogP contribution in [0.15, 0.2) is 0 Å². The fourth-order valence-corrected chi connectivity index (χ4v) is 3.71. The van der Waals surface area contributed by atoms with Crippen LogP contribution in [0.25, 0.3) is 0 Å². The zero-order chi connectivity index (χ0) is 12.7. The predicted molar refractivity (Wildman–Crippen MR) is 70.0 cm³/mol. The van der Waals surface area contributed by atoms with Gasteiger partial charge in [-0.1, -0.05) is 13.3 Å². The molecule has 1 aliphatic heterocycles. The van der Waals surface area contributed by atoms with Crippen LogP contribution in [0.4, 0.5) is 0 Å². The van der Waals surface area contributed by atoms with Gasteiger partial charge >= 0.3 is 0 Å². The van der Waals surface area contributed by atoms with Gasteiger partial charge in [0.1, 0.15) is 0 Å². The number of hydrogen-bond donors (Lipinski definition) is 0. The topological polar surface area (TPSA) is 46.6 Å². The Morgan fingerprint density at radius 3 is 2.53 bits per heavy atom. The maximum Gasteiger partial charge on any atom is 0.214 e. The van der Waals surface area contributed by atoms with Crippen molar-refractivity contribution in [2.75, 3.05) is 31.3 Å². The highest BCUT2D eigenvalue weighted by molar-refractivity contribution is 7.89. The Morgan fingerprint density at radius 1 is 1.35 bits per heavy atom. The second kappa shape index (κ2) is 7.56. The molecule has 1 rings (SSSR count). The van der Waals surface area contributed by atoms with Crippen molar-refractivity contribution in [1.29, 1.82) is 0 Å². The van der Waals surface area contributed by atoms with Crippen LogP contribution in [-0.4, -0.2) is 50.2 Å². The first-order valence-corrected chi connectivity index (χ1v) is 8.40. The van der Waals surface area contributed by atoms with E-state index >= 15 is 0 Å². The third kappa shape index (κ3) is 5.12. The first-order valence-electron chi connectivity index (χ1n) is 6.25. The van der Waals surface area contributed by atoms with Crippen LogP contribution in [0, 0.1) is 0 Å². The maximum absolute atomic E-state index is 11.9. The van der Waals surface area contributed by atoms with E-state index in [9.17, 15) is 8.42 Å². The molecule has 0 bridgehead atoms. The molecule has 1 aliphatic rings. The molecule has 0 aromatic heterocycles. The number of ether oxygens (including phenoxy) is 1. The lowest BCUT2D eigenvalue weighted by Gasteiger charge is -2.31. The number of hydrogen-bond acceptors (Lipinski definition) is 3. The Balaban J connectivity index is 2.35. The standard InChI is InChI=1S/C11H22ClNO3S/c1-2-3-10-17(14,15)13-7-4-11(5-8-13)16-9-6-12/h11H,2-10H2,1H3. The molecule has 1 saturated heterocycles. The average molecular weight is 284 g/mol. The third-order valence-corrected chi connectivity index (χ3v) is 5.09. The summed E-state index contributed by atoms with van der Waals surface area (Å²) in [6.45, 7) is 3.72. The van der Waals surface area contributed by atoms with Crippen LogP contribution in [0.5, 0.6) is 0 Å². The molecule has 0 unspecified atom stereocenters. The van der Waals surface area contributed by atoms with E-state index in [0.29, 0.717) is 25.6 Å². The van der Waals surface area contributed by atoms with E-state index in [2.05, 4.69) is 0 Å². The van der Waals surface area contributed by atoms with Crippen LogP contribution >= 0.6 is 11.6 Å². The normalized spacial score (nSPS) is 19.6. The predicted octanol–water partition coefficient (Wildman–Crippen LogP) is 1.84. The fourth-order valence-electron chi connectivity index (χ4n) is 1.94. The first kappa shape index (κ1) is 15.2. The molecule has 4 nitrogen and oxygen atoms in total. The largest absolute Gasteiger partial charge is 0.377 e. The van der Waals surface area contributed by atoms with Crippen molar-refractivity contribution >= 4 is 21.6 Å². The van der Waals surface area contributed by atoms with Crippen molar-refractivity contribution in [1.82, 2.24) is 4.31 Å². The minimum absolute atomic E-state index is 0.173.